The monoisotopic (exact) mass is 345 g/mol. The van der Waals surface area contributed by atoms with Crippen LogP contribution in [0.5, 0.6) is 0 Å². The van der Waals surface area contributed by atoms with E-state index in [0.29, 0.717) is 5.56 Å². The number of nitrogens with one attached hydrogen (secondary N) is 1. The van der Waals surface area contributed by atoms with Gasteiger partial charge in [0.25, 0.3) is 5.91 Å². The fraction of sp³-hybridized carbons (Fsp3) is 0.533. The molecule has 24 heavy (non-hydrogen) atoms. The summed E-state index contributed by atoms with van der Waals surface area (Å²) >= 11 is 0. The van der Waals surface area contributed by atoms with E-state index in [9.17, 15) is 27.9 Å². The number of hydrogen-bond donors (Lipinski definition) is 2. The normalized spacial score (nSPS) is 21.4. The molecular formula is C15H18F3N3O3. The van der Waals surface area contributed by atoms with E-state index in [4.69, 9.17) is 0 Å². The van der Waals surface area contributed by atoms with Crippen LogP contribution in [-0.4, -0.2) is 58.2 Å². The van der Waals surface area contributed by atoms with Crippen LogP contribution in [0, 0.1) is 0 Å². The molecule has 0 unspecified atom stereocenters. The number of rotatable bonds is 4. The molecule has 1 aliphatic rings. The van der Waals surface area contributed by atoms with E-state index < -0.39 is 37.1 Å². The summed E-state index contributed by atoms with van der Waals surface area (Å²) in [5.41, 5.74) is 0.390. The van der Waals surface area contributed by atoms with Gasteiger partial charge >= 0.3 is 6.18 Å². The van der Waals surface area contributed by atoms with Gasteiger partial charge in [0.1, 0.15) is 0 Å². The summed E-state index contributed by atoms with van der Waals surface area (Å²) in [7, 11) is 0. The van der Waals surface area contributed by atoms with Crippen LogP contribution < -0.4 is 5.32 Å². The van der Waals surface area contributed by atoms with Gasteiger partial charge in [-0.3, -0.25) is 14.6 Å². The molecule has 1 aliphatic heterocycles. The zero-order valence-corrected chi connectivity index (χ0v) is 12.8. The van der Waals surface area contributed by atoms with Crippen molar-refractivity contribution in [3.8, 4) is 0 Å². The molecule has 0 aliphatic carbocycles. The van der Waals surface area contributed by atoms with Crippen LogP contribution in [0.1, 0.15) is 29.6 Å². The number of aliphatic hydroxyl groups excluding tert-OH is 1. The number of likely N-dealkylation sites (tertiary alicyclic amines) is 1. The average molecular weight is 345 g/mol. The molecule has 2 atom stereocenters. The summed E-state index contributed by atoms with van der Waals surface area (Å²) < 4.78 is 36.5. The molecule has 6 nitrogen and oxygen atoms in total. The van der Waals surface area contributed by atoms with Crippen LogP contribution in [-0.2, 0) is 4.79 Å². The Balaban J connectivity index is 1.84. The molecule has 0 spiro atoms. The summed E-state index contributed by atoms with van der Waals surface area (Å²) in [4.78, 5) is 28.8. The Morgan fingerprint density at radius 3 is 2.58 bits per heavy atom. The highest BCUT2D eigenvalue weighted by Gasteiger charge is 2.33. The predicted molar refractivity (Wildman–Crippen MR) is 78.0 cm³/mol. The van der Waals surface area contributed by atoms with Crippen molar-refractivity contribution in [2.24, 2.45) is 0 Å². The molecule has 0 radical (unpaired) electrons. The first-order chi connectivity index (χ1) is 11.3. The van der Waals surface area contributed by atoms with Crippen LogP contribution in [0.15, 0.2) is 24.5 Å². The van der Waals surface area contributed by atoms with Gasteiger partial charge in [0.05, 0.1) is 18.6 Å². The van der Waals surface area contributed by atoms with Gasteiger partial charge in [0, 0.05) is 37.5 Å². The Bertz CT molecular complexity index is 580. The van der Waals surface area contributed by atoms with E-state index in [1.165, 1.54) is 29.4 Å². The minimum Gasteiger partial charge on any atom is -0.389 e. The van der Waals surface area contributed by atoms with E-state index in [2.05, 4.69) is 10.3 Å². The highest BCUT2D eigenvalue weighted by atomic mass is 19.4. The molecule has 1 aromatic heterocycles. The molecule has 0 saturated carbocycles. The van der Waals surface area contributed by atoms with Gasteiger partial charge in [-0.05, 0) is 18.6 Å². The van der Waals surface area contributed by atoms with Gasteiger partial charge in [-0.2, -0.15) is 13.2 Å². The number of pyridine rings is 1. The van der Waals surface area contributed by atoms with Crippen LogP contribution in [0.25, 0.3) is 0 Å². The summed E-state index contributed by atoms with van der Waals surface area (Å²) in [6, 6.07) is 2.49. The molecule has 2 N–H and O–H groups in total. The van der Waals surface area contributed by atoms with Crippen molar-refractivity contribution in [3.63, 3.8) is 0 Å². The number of aromatic nitrogens is 1. The minimum absolute atomic E-state index is 0.0992. The highest BCUT2D eigenvalue weighted by molar-refractivity contribution is 5.94. The van der Waals surface area contributed by atoms with Crippen molar-refractivity contribution < 1.29 is 27.9 Å². The van der Waals surface area contributed by atoms with Crippen LogP contribution in [0.4, 0.5) is 13.2 Å². The number of hydrogen-bond acceptors (Lipinski definition) is 4. The number of alkyl halides is 3. The topological polar surface area (TPSA) is 82.5 Å². The fourth-order valence-electron chi connectivity index (χ4n) is 2.49. The second-order valence-electron chi connectivity index (χ2n) is 5.63. The van der Waals surface area contributed by atoms with Crippen molar-refractivity contribution in [2.45, 2.75) is 37.6 Å². The lowest BCUT2D eigenvalue weighted by molar-refractivity contribution is -0.151. The second kappa shape index (κ2) is 7.61. The number of amides is 2. The van der Waals surface area contributed by atoms with E-state index >= 15 is 0 Å². The molecule has 0 aromatic carbocycles. The van der Waals surface area contributed by atoms with Crippen LogP contribution >= 0.6 is 0 Å². The van der Waals surface area contributed by atoms with Gasteiger partial charge < -0.3 is 15.3 Å². The highest BCUT2D eigenvalue weighted by Crippen LogP contribution is 2.22. The smallest absolute Gasteiger partial charge is 0.389 e. The Hall–Kier alpha value is -2.16. The van der Waals surface area contributed by atoms with Gasteiger partial charge in [-0.15, -0.1) is 0 Å². The Morgan fingerprint density at radius 2 is 2.00 bits per heavy atom. The summed E-state index contributed by atoms with van der Waals surface area (Å²) in [6.45, 7) is 0.0903. The fourth-order valence-corrected chi connectivity index (χ4v) is 2.49. The van der Waals surface area contributed by atoms with Crippen molar-refractivity contribution in [1.82, 2.24) is 15.2 Å². The van der Waals surface area contributed by atoms with Crippen LogP contribution in [0.3, 0.4) is 0 Å². The maximum Gasteiger partial charge on any atom is 0.389 e. The van der Waals surface area contributed by atoms with Crippen molar-refractivity contribution in [1.29, 1.82) is 0 Å². The molecule has 1 aromatic rings. The van der Waals surface area contributed by atoms with Crippen molar-refractivity contribution in [2.75, 3.05) is 13.1 Å². The molecular weight excluding hydrogens is 327 g/mol. The van der Waals surface area contributed by atoms with E-state index in [0.717, 1.165) is 0 Å². The molecule has 2 amide bonds. The lowest BCUT2D eigenvalue weighted by Crippen LogP contribution is -2.55. The summed E-state index contributed by atoms with van der Waals surface area (Å²) in [5, 5.41) is 12.7. The Kier molecular flexibility index (Phi) is 5.76. The van der Waals surface area contributed by atoms with Crippen molar-refractivity contribution >= 4 is 11.8 Å². The van der Waals surface area contributed by atoms with Gasteiger partial charge in [0.15, 0.2) is 0 Å². The lowest BCUT2D eigenvalue weighted by atomic mass is 10.0. The molecule has 9 heteroatoms. The third kappa shape index (κ3) is 5.19. The van der Waals surface area contributed by atoms with E-state index in [-0.39, 0.29) is 25.4 Å². The number of halogens is 3. The second-order valence-corrected chi connectivity index (χ2v) is 5.63. The summed E-state index contributed by atoms with van der Waals surface area (Å²) in [6.07, 6.45) is -4.02. The maximum atomic E-state index is 12.2. The first-order valence-electron chi connectivity index (χ1n) is 7.50. The molecule has 2 heterocycles. The van der Waals surface area contributed by atoms with Gasteiger partial charge in [0.2, 0.25) is 5.91 Å². The van der Waals surface area contributed by atoms with Crippen LogP contribution in [0.2, 0.25) is 0 Å². The molecule has 132 valence electrons. The summed E-state index contributed by atoms with van der Waals surface area (Å²) in [5.74, 6) is -1.02. The largest absolute Gasteiger partial charge is 0.389 e. The first kappa shape index (κ1) is 18.2. The van der Waals surface area contributed by atoms with E-state index in [1.54, 1.807) is 0 Å². The zero-order chi connectivity index (χ0) is 17.7. The number of aliphatic hydroxyl groups is 1. The van der Waals surface area contributed by atoms with Gasteiger partial charge in [-0.1, -0.05) is 0 Å². The maximum absolute atomic E-state index is 12.2. The number of carbonyl (C=O) groups is 2. The minimum atomic E-state index is -4.38. The predicted octanol–water partition coefficient (Wildman–Crippen LogP) is 1.12. The SMILES string of the molecule is O=C(N[C@@H]1CCN(C(=O)CCC(F)(F)F)C[C@H]1O)c1ccncc1. The van der Waals surface area contributed by atoms with Gasteiger partial charge in [-0.25, -0.2) is 0 Å². The molecule has 0 bridgehead atoms. The standard InChI is InChI=1S/C15H18F3N3O3/c16-15(17,18)5-1-13(23)21-8-4-11(12(22)9-21)20-14(24)10-2-6-19-7-3-10/h2-3,6-7,11-12,22H,1,4-5,8-9H2,(H,20,24)/t11-,12-/m1/s1. The number of carbonyl (C=O) groups excluding carboxylic acids is 2. The quantitative estimate of drug-likeness (QED) is 0.857. The third-order valence-corrected chi connectivity index (χ3v) is 3.82. The molecule has 1 fully saturated rings. The Morgan fingerprint density at radius 1 is 1.33 bits per heavy atom. The Labute approximate surface area is 136 Å². The van der Waals surface area contributed by atoms with Crippen molar-refractivity contribution in [3.05, 3.63) is 30.1 Å². The first-order valence-corrected chi connectivity index (χ1v) is 7.50. The average Bonchev–Trinajstić information content (AvgIpc) is 2.54. The zero-order valence-electron chi connectivity index (χ0n) is 12.8. The number of β-amino-alcohol motifs (C(OH)–C–C–N with tert-alkyl or cyclic N) is 1. The number of piperidine rings is 1. The molecule has 2 rings (SSSR count). The third-order valence-electron chi connectivity index (χ3n) is 3.82. The number of nitrogens with zero attached hydrogens (tertiary/aromatic N) is 2. The molecule has 1 saturated heterocycles. The van der Waals surface area contributed by atoms with E-state index in [1.807, 2.05) is 0 Å². The lowest BCUT2D eigenvalue weighted by Gasteiger charge is -2.36.